The second-order valence-electron chi connectivity index (χ2n) is 6.21. The van der Waals surface area contributed by atoms with Crippen LogP contribution in [0.4, 0.5) is 0 Å². The molecule has 0 aromatic rings. The van der Waals surface area contributed by atoms with Gasteiger partial charge in [-0.15, -0.1) is 0 Å². The fourth-order valence-electron chi connectivity index (χ4n) is 3.71. The molecule has 2 fully saturated rings. The number of carbonyl (C=O) groups is 1. The minimum atomic E-state index is 0.225. The summed E-state index contributed by atoms with van der Waals surface area (Å²) in [6, 6.07) is 1.56. The number of carbonyl (C=O) groups excluding carboxylic acids is 1. The summed E-state index contributed by atoms with van der Waals surface area (Å²) in [5.74, 6) is 1.16. The molecule has 0 radical (unpaired) electrons. The molecule has 1 aliphatic carbocycles. The van der Waals surface area contributed by atoms with Gasteiger partial charge in [0, 0.05) is 30.8 Å². The third-order valence-electron chi connectivity index (χ3n) is 4.80. The van der Waals surface area contributed by atoms with Crippen molar-refractivity contribution in [3.05, 3.63) is 0 Å². The van der Waals surface area contributed by atoms with E-state index in [1.807, 2.05) is 0 Å². The Morgan fingerprint density at radius 2 is 1.95 bits per heavy atom. The van der Waals surface area contributed by atoms with Gasteiger partial charge in [0.05, 0.1) is 0 Å². The second-order valence-corrected chi connectivity index (χ2v) is 7.19. The van der Waals surface area contributed by atoms with Crippen LogP contribution in [0.25, 0.3) is 0 Å². The first-order chi connectivity index (χ1) is 9.81. The number of nitrogens with one attached hydrogen (secondary N) is 1. The molecule has 1 saturated carbocycles. The van der Waals surface area contributed by atoms with Crippen LogP contribution in [0.15, 0.2) is 0 Å². The van der Waals surface area contributed by atoms with Crippen LogP contribution in [0.3, 0.4) is 0 Å². The van der Waals surface area contributed by atoms with Gasteiger partial charge in [0.1, 0.15) is 0 Å². The lowest BCUT2D eigenvalue weighted by Crippen LogP contribution is -2.46. The Hall–Kier alpha value is -0.220. The van der Waals surface area contributed by atoms with Crippen molar-refractivity contribution in [2.24, 2.45) is 0 Å². The highest BCUT2D eigenvalue weighted by atomic mass is 32.2. The fraction of sp³-hybridized carbons (Fsp3) is 0.938. The van der Waals surface area contributed by atoms with E-state index < -0.39 is 0 Å². The molecule has 116 valence electrons. The van der Waals surface area contributed by atoms with Gasteiger partial charge in [0.2, 0.25) is 5.91 Å². The first-order valence-corrected chi connectivity index (χ1v) is 9.72. The Morgan fingerprint density at radius 3 is 2.70 bits per heavy atom. The average Bonchev–Trinajstić information content (AvgIpc) is 2.99. The van der Waals surface area contributed by atoms with E-state index in [4.69, 9.17) is 0 Å². The Morgan fingerprint density at radius 1 is 1.20 bits per heavy atom. The standard InChI is InChI=1S/C16H30N2OS/c1-20-13-10-16(19)17-11-9-15-8-4-5-12-18(15)14-6-2-3-7-14/h14-15H,2-13H2,1H3,(H,17,19). The second kappa shape index (κ2) is 8.93. The summed E-state index contributed by atoms with van der Waals surface area (Å²) in [5.41, 5.74) is 0. The summed E-state index contributed by atoms with van der Waals surface area (Å²) >= 11 is 1.74. The van der Waals surface area contributed by atoms with E-state index in [-0.39, 0.29) is 5.91 Å². The highest BCUT2D eigenvalue weighted by Crippen LogP contribution is 2.30. The molecule has 2 aliphatic rings. The number of hydrogen-bond acceptors (Lipinski definition) is 3. The molecule has 0 spiro atoms. The summed E-state index contributed by atoms with van der Waals surface area (Å²) in [6.07, 6.45) is 13.6. The SMILES string of the molecule is CSCCC(=O)NCCC1CCCCN1C1CCCC1. The van der Waals surface area contributed by atoms with Gasteiger partial charge in [-0.25, -0.2) is 0 Å². The summed E-state index contributed by atoms with van der Waals surface area (Å²) < 4.78 is 0. The summed E-state index contributed by atoms with van der Waals surface area (Å²) in [4.78, 5) is 14.4. The van der Waals surface area contributed by atoms with Crippen LogP contribution in [-0.4, -0.2) is 48.0 Å². The van der Waals surface area contributed by atoms with Crippen LogP contribution in [0.5, 0.6) is 0 Å². The van der Waals surface area contributed by atoms with Gasteiger partial charge in [-0.3, -0.25) is 9.69 Å². The molecule has 1 amide bonds. The maximum atomic E-state index is 11.6. The quantitative estimate of drug-likeness (QED) is 0.784. The molecule has 1 heterocycles. The van der Waals surface area contributed by atoms with Crippen LogP contribution in [-0.2, 0) is 4.79 Å². The van der Waals surface area contributed by atoms with Crippen molar-refractivity contribution in [3.8, 4) is 0 Å². The van der Waals surface area contributed by atoms with E-state index >= 15 is 0 Å². The molecule has 2 rings (SSSR count). The number of hydrogen-bond donors (Lipinski definition) is 1. The number of likely N-dealkylation sites (tertiary alicyclic amines) is 1. The molecule has 20 heavy (non-hydrogen) atoms. The van der Waals surface area contributed by atoms with Crippen molar-refractivity contribution in [2.75, 3.05) is 25.1 Å². The van der Waals surface area contributed by atoms with E-state index in [0.717, 1.165) is 24.8 Å². The first-order valence-electron chi connectivity index (χ1n) is 8.32. The minimum Gasteiger partial charge on any atom is -0.356 e. The van der Waals surface area contributed by atoms with Crippen molar-refractivity contribution in [2.45, 2.75) is 69.9 Å². The largest absolute Gasteiger partial charge is 0.356 e. The molecule has 0 bridgehead atoms. The first kappa shape index (κ1) is 16.2. The van der Waals surface area contributed by atoms with E-state index in [2.05, 4.69) is 16.5 Å². The highest BCUT2D eigenvalue weighted by molar-refractivity contribution is 7.98. The molecule has 1 atom stereocenters. The fourth-order valence-corrected chi connectivity index (χ4v) is 4.10. The molecule has 1 aliphatic heterocycles. The number of amides is 1. The van der Waals surface area contributed by atoms with Crippen LogP contribution in [0.1, 0.15) is 57.8 Å². The van der Waals surface area contributed by atoms with Crippen molar-refractivity contribution in [1.82, 2.24) is 10.2 Å². The Labute approximate surface area is 128 Å². The average molecular weight is 298 g/mol. The zero-order valence-electron chi connectivity index (χ0n) is 12.9. The number of piperidine rings is 1. The molecule has 0 aromatic heterocycles. The molecular formula is C16H30N2OS. The van der Waals surface area contributed by atoms with Gasteiger partial charge in [-0.05, 0) is 44.9 Å². The molecule has 1 saturated heterocycles. The summed E-state index contributed by atoms with van der Waals surface area (Å²) in [7, 11) is 0. The number of rotatable bonds is 7. The minimum absolute atomic E-state index is 0.225. The smallest absolute Gasteiger partial charge is 0.220 e. The van der Waals surface area contributed by atoms with E-state index in [9.17, 15) is 4.79 Å². The third-order valence-corrected chi connectivity index (χ3v) is 5.41. The molecular weight excluding hydrogens is 268 g/mol. The van der Waals surface area contributed by atoms with E-state index in [0.29, 0.717) is 12.5 Å². The predicted molar refractivity (Wildman–Crippen MR) is 87.2 cm³/mol. The Balaban J connectivity index is 1.70. The normalized spacial score (nSPS) is 24.9. The van der Waals surface area contributed by atoms with Crippen LogP contribution < -0.4 is 5.32 Å². The highest BCUT2D eigenvalue weighted by Gasteiger charge is 2.30. The predicted octanol–water partition coefficient (Wildman–Crippen LogP) is 3.04. The zero-order valence-corrected chi connectivity index (χ0v) is 13.7. The van der Waals surface area contributed by atoms with Crippen molar-refractivity contribution in [3.63, 3.8) is 0 Å². The van der Waals surface area contributed by atoms with E-state index in [1.165, 1.54) is 51.5 Å². The van der Waals surface area contributed by atoms with Gasteiger partial charge in [0.25, 0.3) is 0 Å². The Kier molecular flexibility index (Phi) is 7.22. The Bertz CT molecular complexity index is 292. The lowest BCUT2D eigenvalue weighted by molar-refractivity contribution is -0.120. The number of thioether (sulfide) groups is 1. The van der Waals surface area contributed by atoms with Gasteiger partial charge in [-0.1, -0.05) is 19.3 Å². The van der Waals surface area contributed by atoms with Crippen molar-refractivity contribution < 1.29 is 4.79 Å². The summed E-state index contributed by atoms with van der Waals surface area (Å²) in [5, 5.41) is 3.10. The lowest BCUT2D eigenvalue weighted by Gasteiger charge is -2.40. The maximum Gasteiger partial charge on any atom is 0.220 e. The molecule has 1 unspecified atom stereocenters. The summed E-state index contributed by atoms with van der Waals surface area (Å²) in [6.45, 7) is 2.15. The zero-order chi connectivity index (χ0) is 14.2. The van der Waals surface area contributed by atoms with Gasteiger partial charge in [0.15, 0.2) is 0 Å². The molecule has 0 aromatic carbocycles. The van der Waals surface area contributed by atoms with Gasteiger partial charge in [-0.2, -0.15) is 11.8 Å². The van der Waals surface area contributed by atoms with Crippen LogP contribution in [0.2, 0.25) is 0 Å². The molecule has 4 heteroatoms. The van der Waals surface area contributed by atoms with Gasteiger partial charge < -0.3 is 5.32 Å². The van der Waals surface area contributed by atoms with Gasteiger partial charge >= 0.3 is 0 Å². The topological polar surface area (TPSA) is 32.3 Å². The van der Waals surface area contributed by atoms with Crippen molar-refractivity contribution in [1.29, 1.82) is 0 Å². The third kappa shape index (κ3) is 4.96. The van der Waals surface area contributed by atoms with Crippen LogP contribution >= 0.6 is 11.8 Å². The molecule has 1 N–H and O–H groups in total. The number of nitrogens with zero attached hydrogens (tertiary/aromatic N) is 1. The van der Waals surface area contributed by atoms with Crippen molar-refractivity contribution >= 4 is 17.7 Å². The van der Waals surface area contributed by atoms with E-state index in [1.54, 1.807) is 11.8 Å². The lowest BCUT2D eigenvalue weighted by atomic mass is 9.96. The van der Waals surface area contributed by atoms with Crippen LogP contribution in [0, 0.1) is 0 Å². The monoisotopic (exact) mass is 298 g/mol. The maximum absolute atomic E-state index is 11.6. The molecule has 3 nitrogen and oxygen atoms in total.